The molecule has 0 N–H and O–H groups in total. The largest absolute Gasteiger partial charge is 0.462 e. The molecule has 0 atom stereocenters. The van der Waals surface area contributed by atoms with Crippen LogP contribution in [0.15, 0.2) is 16.6 Å². The highest BCUT2D eigenvalue weighted by Crippen LogP contribution is 2.26. The van der Waals surface area contributed by atoms with Crippen LogP contribution in [0, 0.1) is 11.3 Å². The van der Waals surface area contributed by atoms with Gasteiger partial charge in [0.1, 0.15) is 6.07 Å². The standard InChI is InChI=1S/C10H7BrClNO2/c1-2-15-10(14)8-4-7(11)3-6(5-13)9(8)12/h3-4H,2H2,1H3. The number of hydrogen-bond acceptors (Lipinski definition) is 3. The van der Waals surface area contributed by atoms with Crippen LogP contribution < -0.4 is 0 Å². The summed E-state index contributed by atoms with van der Waals surface area (Å²) >= 11 is 9.06. The van der Waals surface area contributed by atoms with E-state index in [0.717, 1.165) is 0 Å². The van der Waals surface area contributed by atoms with E-state index < -0.39 is 5.97 Å². The second kappa shape index (κ2) is 5.15. The van der Waals surface area contributed by atoms with Crippen LogP contribution in [0.25, 0.3) is 0 Å². The Balaban J connectivity index is 3.24. The van der Waals surface area contributed by atoms with Crippen LogP contribution in [-0.2, 0) is 4.74 Å². The molecular weight excluding hydrogens is 281 g/mol. The highest BCUT2D eigenvalue weighted by Gasteiger charge is 2.15. The fraction of sp³-hybridized carbons (Fsp3) is 0.200. The SMILES string of the molecule is CCOC(=O)c1cc(Br)cc(C#N)c1Cl. The van der Waals surface area contributed by atoms with Crippen molar-refractivity contribution >= 4 is 33.5 Å². The summed E-state index contributed by atoms with van der Waals surface area (Å²) < 4.78 is 5.43. The van der Waals surface area contributed by atoms with Crippen molar-refractivity contribution in [2.75, 3.05) is 6.61 Å². The molecule has 0 aliphatic rings. The van der Waals surface area contributed by atoms with E-state index in [1.807, 2.05) is 6.07 Å². The van der Waals surface area contributed by atoms with Gasteiger partial charge >= 0.3 is 5.97 Å². The molecule has 0 fully saturated rings. The predicted octanol–water partition coefficient (Wildman–Crippen LogP) is 3.15. The Morgan fingerprint density at radius 1 is 1.67 bits per heavy atom. The number of carbonyl (C=O) groups is 1. The molecule has 0 aromatic heterocycles. The third-order valence-corrected chi connectivity index (χ3v) is 2.52. The molecule has 1 aromatic carbocycles. The fourth-order valence-electron chi connectivity index (χ4n) is 1.03. The van der Waals surface area contributed by atoms with E-state index >= 15 is 0 Å². The van der Waals surface area contributed by atoms with Gasteiger partial charge in [-0.2, -0.15) is 5.26 Å². The molecule has 0 saturated carbocycles. The summed E-state index contributed by atoms with van der Waals surface area (Å²) in [4.78, 5) is 11.4. The van der Waals surface area contributed by atoms with Gasteiger partial charge in [-0.15, -0.1) is 0 Å². The number of rotatable bonds is 2. The third-order valence-electron chi connectivity index (χ3n) is 1.65. The summed E-state index contributed by atoms with van der Waals surface area (Å²) in [6, 6.07) is 4.98. The van der Waals surface area contributed by atoms with Crippen LogP contribution in [0.4, 0.5) is 0 Å². The molecule has 0 aliphatic heterocycles. The average Bonchev–Trinajstić information content (AvgIpc) is 2.21. The molecule has 0 aliphatic carbocycles. The molecule has 0 saturated heterocycles. The van der Waals surface area contributed by atoms with Crippen LogP contribution in [0.5, 0.6) is 0 Å². The minimum absolute atomic E-state index is 0.124. The molecule has 0 amide bonds. The zero-order chi connectivity index (χ0) is 11.4. The van der Waals surface area contributed by atoms with Crippen molar-refractivity contribution in [3.05, 3.63) is 32.8 Å². The molecule has 15 heavy (non-hydrogen) atoms. The quantitative estimate of drug-likeness (QED) is 0.786. The second-order valence-electron chi connectivity index (χ2n) is 2.65. The van der Waals surface area contributed by atoms with Gasteiger partial charge in [0.2, 0.25) is 0 Å². The van der Waals surface area contributed by atoms with Crippen molar-refractivity contribution in [2.45, 2.75) is 6.92 Å². The van der Waals surface area contributed by atoms with Gasteiger partial charge in [0.05, 0.1) is 22.8 Å². The van der Waals surface area contributed by atoms with Crippen LogP contribution >= 0.6 is 27.5 Å². The lowest BCUT2D eigenvalue weighted by molar-refractivity contribution is 0.0526. The highest BCUT2D eigenvalue weighted by molar-refractivity contribution is 9.10. The van der Waals surface area contributed by atoms with E-state index in [9.17, 15) is 4.79 Å². The number of esters is 1. The van der Waals surface area contributed by atoms with Crippen molar-refractivity contribution < 1.29 is 9.53 Å². The molecule has 0 bridgehead atoms. The Bertz CT molecular complexity index is 440. The lowest BCUT2D eigenvalue weighted by Crippen LogP contribution is -2.06. The van der Waals surface area contributed by atoms with Gasteiger partial charge in [-0.3, -0.25) is 0 Å². The fourth-order valence-corrected chi connectivity index (χ4v) is 1.71. The molecule has 1 aromatic rings. The van der Waals surface area contributed by atoms with Gasteiger partial charge in [-0.1, -0.05) is 27.5 Å². The van der Waals surface area contributed by atoms with E-state index in [4.69, 9.17) is 21.6 Å². The Hall–Kier alpha value is -1.05. The van der Waals surface area contributed by atoms with Gasteiger partial charge in [0.25, 0.3) is 0 Å². The number of halogens is 2. The maximum absolute atomic E-state index is 11.4. The summed E-state index contributed by atoms with van der Waals surface area (Å²) in [6.07, 6.45) is 0. The molecule has 0 unspecified atom stereocenters. The first-order chi connectivity index (χ1) is 7.10. The van der Waals surface area contributed by atoms with E-state index in [1.165, 1.54) is 6.07 Å². The highest BCUT2D eigenvalue weighted by atomic mass is 79.9. The zero-order valence-corrected chi connectivity index (χ0v) is 10.2. The number of ether oxygens (including phenoxy) is 1. The first-order valence-corrected chi connectivity index (χ1v) is 5.33. The normalized spacial score (nSPS) is 9.47. The summed E-state index contributed by atoms with van der Waals surface area (Å²) in [5.74, 6) is -0.527. The number of nitrogens with zero attached hydrogens (tertiary/aromatic N) is 1. The Labute approximate surface area is 101 Å². The monoisotopic (exact) mass is 287 g/mol. The first-order valence-electron chi connectivity index (χ1n) is 4.16. The third kappa shape index (κ3) is 2.71. The first kappa shape index (κ1) is 12.0. The Morgan fingerprint density at radius 3 is 2.87 bits per heavy atom. The number of carbonyl (C=O) groups excluding carboxylic acids is 1. The lowest BCUT2D eigenvalue weighted by Gasteiger charge is -2.05. The second-order valence-corrected chi connectivity index (χ2v) is 3.94. The van der Waals surface area contributed by atoms with E-state index in [2.05, 4.69) is 15.9 Å². The molecule has 3 nitrogen and oxygen atoms in total. The maximum Gasteiger partial charge on any atom is 0.339 e. The molecule has 78 valence electrons. The van der Waals surface area contributed by atoms with Gasteiger partial charge in [0.15, 0.2) is 0 Å². The van der Waals surface area contributed by atoms with Gasteiger partial charge in [-0.25, -0.2) is 4.79 Å². The summed E-state index contributed by atoms with van der Waals surface area (Å²) in [6.45, 7) is 1.97. The van der Waals surface area contributed by atoms with Crippen molar-refractivity contribution in [3.8, 4) is 6.07 Å². The van der Waals surface area contributed by atoms with E-state index in [-0.39, 0.29) is 22.8 Å². The number of nitriles is 1. The summed E-state index contributed by atoms with van der Waals surface area (Å²) in [7, 11) is 0. The van der Waals surface area contributed by atoms with Crippen LogP contribution in [0.1, 0.15) is 22.8 Å². The van der Waals surface area contributed by atoms with Crippen molar-refractivity contribution in [1.29, 1.82) is 5.26 Å². The topological polar surface area (TPSA) is 50.1 Å². The van der Waals surface area contributed by atoms with E-state index in [0.29, 0.717) is 4.47 Å². The van der Waals surface area contributed by atoms with Crippen molar-refractivity contribution in [2.24, 2.45) is 0 Å². The van der Waals surface area contributed by atoms with Crippen molar-refractivity contribution in [3.63, 3.8) is 0 Å². The number of hydrogen-bond donors (Lipinski definition) is 0. The van der Waals surface area contributed by atoms with Gasteiger partial charge in [0, 0.05) is 4.47 Å². The van der Waals surface area contributed by atoms with Crippen LogP contribution in [0.2, 0.25) is 5.02 Å². The van der Waals surface area contributed by atoms with Gasteiger partial charge < -0.3 is 4.74 Å². The molecule has 5 heteroatoms. The summed E-state index contributed by atoms with van der Waals surface area (Å²) in [5, 5.41) is 8.90. The van der Waals surface area contributed by atoms with E-state index in [1.54, 1.807) is 13.0 Å². The number of benzene rings is 1. The van der Waals surface area contributed by atoms with Crippen LogP contribution in [-0.4, -0.2) is 12.6 Å². The van der Waals surface area contributed by atoms with Crippen molar-refractivity contribution in [1.82, 2.24) is 0 Å². The molecule has 0 heterocycles. The predicted molar refractivity (Wildman–Crippen MR) is 59.8 cm³/mol. The maximum atomic E-state index is 11.4. The molecule has 1 rings (SSSR count). The molecular formula is C10H7BrClNO2. The Morgan fingerprint density at radius 2 is 2.33 bits per heavy atom. The van der Waals surface area contributed by atoms with Gasteiger partial charge in [-0.05, 0) is 19.1 Å². The Kier molecular flexibility index (Phi) is 4.13. The summed E-state index contributed by atoms with van der Waals surface area (Å²) in [5.41, 5.74) is 0.443. The smallest absolute Gasteiger partial charge is 0.339 e. The average molecular weight is 289 g/mol. The lowest BCUT2D eigenvalue weighted by atomic mass is 10.1. The molecule has 0 spiro atoms. The van der Waals surface area contributed by atoms with Crippen LogP contribution in [0.3, 0.4) is 0 Å². The minimum Gasteiger partial charge on any atom is -0.462 e. The zero-order valence-electron chi connectivity index (χ0n) is 7.88. The molecule has 0 radical (unpaired) electrons. The minimum atomic E-state index is -0.527.